The van der Waals surface area contributed by atoms with Crippen molar-refractivity contribution in [2.24, 2.45) is 0 Å². The summed E-state index contributed by atoms with van der Waals surface area (Å²) >= 11 is 0. The lowest BCUT2D eigenvalue weighted by Gasteiger charge is -2.15. The predicted octanol–water partition coefficient (Wildman–Crippen LogP) is 2.29. The van der Waals surface area contributed by atoms with Gasteiger partial charge in [0.2, 0.25) is 5.75 Å². The molecule has 0 saturated heterocycles. The first kappa shape index (κ1) is 24.4. The maximum atomic E-state index is 13.6. The summed E-state index contributed by atoms with van der Waals surface area (Å²) in [5, 5.41) is 4.53. The quantitative estimate of drug-likeness (QED) is 0.562. The van der Waals surface area contributed by atoms with E-state index in [0.29, 0.717) is 11.8 Å². The Labute approximate surface area is 182 Å². The van der Waals surface area contributed by atoms with Gasteiger partial charge in [0.15, 0.2) is 17.6 Å². The Bertz CT molecular complexity index is 989. The number of nitrogens with one attached hydrogen (secondary N) is 2. The van der Waals surface area contributed by atoms with E-state index in [4.69, 9.17) is 18.9 Å². The average Bonchev–Trinajstić information content (AvgIpc) is 2.77. The molecule has 11 heteroatoms. The fourth-order valence-corrected chi connectivity index (χ4v) is 2.58. The van der Waals surface area contributed by atoms with E-state index in [1.54, 1.807) is 0 Å². The van der Waals surface area contributed by atoms with Gasteiger partial charge in [-0.25, -0.2) is 8.78 Å². The van der Waals surface area contributed by atoms with Crippen LogP contribution in [-0.2, 0) is 14.3 Å². The minimum absolute atomic E-state index is 0.130. The van der Waals surface area contributed by atoms with Crippen molar-refractivity contribution in [3.63, 3.8) is 0 Å². The van der Waals surface area contributed by atoms with Crippen molar-refractivity contribution < 1.29 is 42.1 Å². The molecule has 0 radical (unpaired) electrons. The summed E-state index contributed by atoms with van der Waals surface area (Å²) in [7, 11) is 4.19. The van der Waals surface area contributed by atoms with Crippen LogP contribution >= 0.6 is 0 Å². The lowest BCUT2D eigenvalue weighted by Crippen LogP contribution is -2.36. The van der Waals surface area contributed by atoms with Crippen LogP contribution in [0.1, 0.15) is 17.3 Å². The molecule has 0 aliphatic rings. The van der Waals surface area contributed by atoms with E-state index in [0.717, 1.165) is 12.1 Å². The molecule has 2 N–H and O–H groups in total. The molecule has 0 fully saturated rings. The van der Waals surface area contributed by atoms with Crippen LogP contribution in [0.2, 0.25) is 0 Å². The number of benzene rings is 2. The molecule has 2 amide bonds. The third-order valence-electron chi connectivity index (χ3n) is 4.19. The van der Waals surface area contributed by atoms with E-state index in [-0.39, 0.29) is 22.7 Å². The molecule has 0 spiro atoms. The van der Waals surface area contributed by atoms with E-state index >= 15 is 0 Å². The van der Waals surface area contributed by atoms with Crippen molar-refractivity contribution >= 4 is 23.5 Å². The molecule has 0 aliphatic heterocycles. The van der Waals surface area contributed by atoms with Crippen molar-refractivity contribution in [2.45, 2.75) is 13.0 Å². The third-order valence-corrected chi connectivity index (χ3v) is 4.19. The Morgan fingerprint density at radius 1 is 0.969 bits per heavy atom. The van der Waals surface area contributed by atoms with Crippen LogP contribution in [0.4, 0.5) is 14.5 Å². The molecule has 2 aromatic rings. The van der Waals surface area contributed by atoms with Crippen molar-refractivity contribution in [1.82, 2.24) is 5.32 Å². The number of esters is 1. The standard InChI is InChI=1S/C21H22F2N2O7/c1-11(20(27)25-15-6-5-13(22)9-14(15)23)32-18(26)10-24-21(28)12-7-16(29-2)19(31-4)17(8-12)30-3/h5-9,11H,10H2,1-4H3,(H,24,28)(H,25,27). The Hall–Kier alpha value is -3.89. The first-order chi connectivity index (χ1) is 15.2. The summed E-state index contributed by atoms with van der Waals surface area (Å²) in [4.78, 5) is 36.5. The van der Waals surface area contributed by atoms with Crippen LogP contribution in [0, 0.1) is 11.6 Å². The van der Waals surface area contributed by atoms with Crippen LogP contribution < -0.4 is 24.8 Å². The number of anilines is 1. The second-order valence-electron chi connectivity index (χ2n) is 6.34. The van der Waals surface area contributed by atoms with Crippen LogP contribution in [0.25, 0.3) is 0 Å². The van der Waals surface area contributed by atoms with Crippen molar-refractivity contribution in [1.29, 1.82) is 0 Å². The Balaban J connectivity index is 1.94. The molecular weight excluding hydrogens is 430 g/mol. The lowest BCUT2D eigenvalue weighted by molar-refractivity contribution is -0.152. The van der Waals surface area contributed by atoms with E-state index in [1.807, 2.05) is 0 Å². The highest BCUT2D eigenvalue weighted by molar-refractivity contribution is 5.98. The average molecular weight is 452 g/mol. The zero-order chi connectivity index (χ0) is 23.8. The number of carbonyl (C=O) groups is 3. The molecule has 172 valence electrons. The molecule has 2 aromatic carbocycles. The molecule has 0 aromatic heterocycles. The number of ether oxygens (including phenoxy) is 4. The fourth-order valence-electron chi connectivity index (χ4n) is 2.58. The number of rotatable bonds is 9. The first-order valence-corrected chi connectivity index (χ1v) is 9.23. The topological polar surface area (TPSA) is 112 Å². The van der Waals surface area contributed by atoms with Gasteiger partial charge >= 0.3 is 5.97 Å². The van der Waals surface area contributed by atoms with E-state index in [1.165, 1.54) is 40.4 Å². The largest absolute Gasteiger partial charge is 0.493 e. The van der Waals surface area contributed by atoms with Gasteiger partial charge in [-0.05, 0) is 31.2 Å². The number of hydrogen-bond donors (Lipinski definition) is 2. The summed E-state index contributed by atoms with van der Waals surface area (Å²) in [6.07, 6.45) is -1.30. The molecular formula is C21H22F2N2O7. The Morgan fingerprint density at radius 3 is 2.12 bits per heavy atom. The number of amides is 2. The normalized spacial score (nSPS) is 11.2. The molecule has 0 saturated carbocycles. The highest BCUT2D eigenvalue weighted by Crippen LogP contribution is 2.38. The van der Waals surface area contributed by atoms with Crippen molar-refractivity contribution in [3.05, 3.63) is 47.5 Å². The molecule has 0 bridgehead atoms. The second-order valence-corrected chi connectivity index (χ2v) is 6.34. The van der Waals surface area contributed by atoms with E-state index in [2.05, 4.69) is 10.6 Å². The Kier molecular flexibility index (Phi) is 8.33. The van der Waals surface area contributed by atoms with Gasteiger partial charge in [0.1, 0.15) is 18.2 Å². The van der Waals surface area contributed by atoms with Gasteiger partial charge in [0, 0.05) is 11.6 Å². The van der Waals surface area contributed by atoms with Gasteiger partial charge in [-0.1, -0.05) is 0 Å². The van der Waals surface area contributed by atoms with E-state index < -0.39 is 42.1 Å². The maximum absolute atomic E-state index is 13.6. The lowest BCUT2D eigenvalue weighted by atomic mass is 10.1. The van der Waals surface area contributed by atoms with Crippen LogP contribution in [-0.4, -0.2) is 51.8 Å². The molecule has 1 atom stereocenters. The molecule has 0 aliphatic carbocycles. The van der Waals surface area contributed by atoms with E-state index in [9.17, 15) is 23.2 Å². The molecule has 2 rings (SSSR count). The van der Waals surface area contributed by atoms with Gasteiger partial charge in [-0.2, -0.15) is 0 Å². The molecule has 9 nitrogen and oxygen atoms in total. The minimum Gasteiger partial charge on any atom is -0.493 e. The zero-order valence-electron chi connectivity index (χ0n) is 17.8. The number of methoxy groups -OCH3 is 3. The summed E-state index contributed by atoms with van der Waals surface area (Å²) < 4.78 is 47.0. The number of hydrogen-bond acceptors (Lipinski definition) is 7. The third kappa shape index (κ3) is 6.06. The highest BCUT2D eigenvalue weighted by Gasteiger charge is 2.21. The summed E-state index contributed by atoms with van der Waals surface area (Å²) in [6.45, 7) is 0.716. The summed E-state index contributed by atoms with van der Waals surface area (Å²) in [6, 6.07) is 5.40. The SMILES string of the molecule is COc1cc(C(=O)NCC(=O)OC(C)C(=O)Nc2ccc(F)cc2F)cc(OC)c1OC. The minimum atomic E-state index is -1.30. The highest BCUT2D eigenvalue weighted by atomic mass is 19.1. The molecule has 0 heterocycles. The van der Waals surface area contributed by atoms with Crippen LogP contribution in [0.15, 0.2) is 30.3 Å². The van der Waals surface area contributed by atoms with Gasteiger partial charge in [-0.3, -0.25) is 14.4 Å². The van der Waals surface area contributed by atoms with Gasteiger partial charge < -0.3 is 29.6 Å². The van der Waals surface area contributed by atoms with Crippen molar-refractivity contribution in [3.8, 4) is 17.2 Å². The second kappa shape index (κ2) is 10.9. The van der Waals surface area contributed by atoms with Crippen LogP contribution in [0.5, 0.6) is 17.2 Å². The molecule has 1 unspecified atom stereocenters. The fraction of sp³-hybridized carbons (Fsp3) is 0.286. The Morgan fingerprint density at radius 2 is 1.59 bits per heavy atom. The smallest absolute Gasteiger partial charge is 0.326 e. The van der Waals surface area contributed by atoms with Gasteiger partial charge in [0.05, 0.1) is 27.0 Å². The summed E-state index contributed by atoms with van der Waals surface area (Å²) in [5.74, 6) is -3.36. The zero-order valence-corrected chi connectivity index (χ0v) is 17.8. The molecule has 32 heavy (non-hydrogen) atoms. The maximum Gasteiger partial charge on any atom is 0.326 e. The number of carbonyl (C=O) groups excluding carboxylic acids is 3. The van der Waals surface area contributed by atoms with Gasteiger partial charge in [-0.15, -0.1) is 0 Å². The summed E-state index contributed by atoms with van der Waals surface area (Å²) in [5.41, 5.74) is -0.139. The number of halogens is 2. The monoisotopic (exact) mass is 452 g/mol. The first-order valence-electron chi connectivity index (χ1n) is 9.23. The van der Waals surface area contributed by atoms with Crippen LogP contribution in [0.3, 0.4) is 0 Å². The predicted molar refractivity (Wildman–Crippen MR) is 109 cm³/mol. The van der Waals surface area contributed by atoms with Gasteiger partial charge in [0.25, 0.3) is 11.8 Å². The van der Waals surface area contributed by atoms with Crippen molar-refractivity contribution in [2.75, 3.05) is 33.2 Å².